The zero-order valence-electron chi connectivity index (χ0n) is 12.1. The van der Waals surface area contributed by atoms with Gasteiger partial charge in [-0.3, -0.25) is 4.79 Å². The molecule has 0 aliphatic carbocycles. The van der Waals surface area contributed by atoms with Crippen molar-refractivity contribution in [2.24, 2.45) is 0 Å². The van der Waals surface area contributed by atoms with Gasteiger partial charge in [0.05, 0.1) is 12.0 Å². The van der Waals surface area contributed by atoms with E-state index < -0.39 is 6.61 Å². The van der Waals surface area contributed by atoms with E-state index in [4.69, 9.17) is 4.74 Å². The van der Waals surface area contributed by atoms with E-state index in [9.17, 15) is 13.6 Å². The van der Waals surface area contributed by atoms with Gasteiger partial charge in [0.25, 0.3) is 0 Å². The Morgan fingerprint density at radius 1 is 1.13 bits per heavy atom. The molecular weight excluding hydrogens is 322 g/mol. The van der Waals surface area contributed by atoms with Gasteiger partial charge in [0.15, 0.2) is 11.5 Å². The van der Waals surface area contributed by atoms with Crippen LogP contribution in [0.1, 0.15) is 15.9 Å². The zero-order chi connectivity index (χ0) is 16.4. The Morgan fingerprint density at radius 3 is 2.61 bits per heavy atom. The fourth-order valence-corrected chi connectivity index (χ4v) is 3.31. The third-order valence-corrected chi connectivity index (χ3v) is 4.38. The van der Waals surface area contributed by atoms with Crippen molar-refractivity contribution in [3.05, 3.63) is 58.5 Å². The Balaban J connectivity index is 1.90. The summed E-state index contributed by atoms with van der Waals surface area (Å²) in [6.07, 6.45) is 1.71. The van der Waals surface area contributed by atoms with E-state index in [1.165, 1.54) is 24.9 Å². The molecule has 1 heterocycles. The highest BCUT2D eigenvalue weighted by Crippen LogP contribution is 2.41. The molecule has 1 aliphatic heterocycles. The third kappa shape index (κ3) is 3.22. The van der Waals surface area contributed by atoms with Crippen LogP contribution < -0.4 is 9.47 Å². The van der Waals surface area contributed by atoms with E-state index in [1.54, 1.807) is 24.3 Å². The molecule has 0 atom stereocenters. The van der Waals surface area contributed by atoms with Crippen molar-refractivity contribution in [1.82, 2.24) is 0 Å². The molecule has 0 amide bonds. The van der Waals surface area contributed by atoms with Crippen LogP contribution in [0, 0.1) is 0 Å². The van der Waals surface area contributed by atoms with E-state index in [-0.39, 0.29) is 17.3 Å². The number of hydrogen-bond donors (Lipinski definition) is 0. The van der Waals surface area contributed by atoms with E-state index >= 15 is 0 Å². The summed E-state index contributed by atoms with van der Waals surface area (Å²) >= 11 is 1.39. The quantitative estimate of drug-likeness (QED) is 0.764. The molecular formula is C17H12F2O3S. The van der Waals surface area contributed by atoms with Gasteiger partial charge in [0.2, 0.25) is 5.78 Å². The number of methoxy groups -OCH3 is 1. The lowest BCUT2D eigenvalue weighted by molar-refractivity contribution is -0.0512. The van der Waals surface area contributed by atoms with Gasteiger partial charge >= 0.3 is 6.61 Å². The highest BCUT2D eigenvalue weighted by atomic mass is 32.2. The molecule has 118 valence electrons. The molecule has 0 saturated heterocycles. The number of carbonyl (C=O) groups is 1. The van der Waals surface area contributed by atoms with Gasteiger partial charge in [-0.1, -0.05) is 30.0 Å². The molecule has 2 aromatic rings. The SMILES string of the molecule is COc1cc(/C=C2\Sc3ccccc3C2=O)ccc1OC(F)F. The molecule has 2 aromatic carbocycles. The Bertz CT molecular complexity index is 787. The van der Waals surface area contributed by atoms with Gasteiger partial charge in [-0.05, 0) is 35.9 Å². The van der Waals surface area contributed by atoms with Crippen LogP contribution in [0.3, 0.4) is 0 Å². The second-order valence-electron chi connectivity index (χ2n) is 4.72. The molecule has 23 heavy (non-hydrogen) atoms. The maximum Gasteiger partial charge on any atom is 0.387 e. The molecule has 0 saturated carbocycles. The summed E-state index contributed by atoms with van der Waals surface area (Å²) in [5.41, 5.74) is 1.35. The van der Waals surface area contributed by atoms with Crippen molar-refractivity contribution in [2.45, 2.75) is 11.5 Å². The summed E-state index contributed by atoms with van der Waals surface area (Å²) in [5, 5.41) is 0. The Hall–Kier alpha value is -2.34. The number of halogens is 2. The molecule has 0 unspecified atom stereocenters. The van der Waals surface area contributed by atoms with Crippen molar-refractivity contribution >= 4 is 23.6 Å². The second-order valence-corrected chi connectivity index (χ2v) is 5.81. The van der Waals surface area contributed by atoms with Gasteiger partial charge < -0.3 is 9.47 Å². The van der Waals surface area contributed by atoms with Crippen LogP contribution >= 0.6 is 11.8 Å². The number of ketones is 1. The number of fused-ring (bicyclic) bond motifs is 1. The van der Waals surface area contributed by atoms with Gasteiger partial charge in [-0.15, -0.1) is 0 Å². The average molecular weight is 334 g/mol. The molecule has 3 nitrogen and oxygen atoms in total. The lowest BCUT2D eigenvalue weighted by atomic mass is 10.1. The number of carbonyl (C=O) groups excluding carboxylic acids is 1. The third-order valence-electron chi connectivity index (χ3n) is 3.28. The van der Waals surface area contributed by atoms with Crippen molar-refractivity contribution in [2.75, 3.05) is 7.11 Å². The maximum absolute atomic E-state index is 12.3. The molecule has 0 bridgehead atoms. The van der Waals surface area contributed by atoms with Crippen molar-refractivity contribution < 1.29 is 23.0 Å². The zero-order valence-corrected chi connectivity index (χ0v) is 12.9. The molecule has 0 N–H and O–H groups in total. The molecule has 6 heteroatoms. The van der Waals surface area contributed by atoms with Crippen molar-refractivity contribution in [3.8, 4) is 11.5 Å². The minimum absolute atomic E-state index is 0.0432. The van der Waals surface area contributed by atoms with Crippen molar-refractivity contribution in [3.63, 3.8) is 0 Å². The first-order chi connectivity index (χ1) is 11.1. The van der Waals surface area contributed by atoms with Crippen LogP contribution in [0.5, 0.6) is 11.5 Å². The predicted octanol–water partition coefficient (Wildman–Crippen LogP) is 4.63. The average Bonchev–Trinajstić information content (AvgIpc) is 2.85. The smallest absolute Gasteiger partial charge is 0.387 e. The first-order valence-corrected chi connectivity index (χ1v) is 7.56. The highest BCUT2D eigenvalue weighted by molar-refractivity contribution is 8.04. The van der Waals surface area contributed by atoms with Gasteiger partial charge in [-0.25, -0.2) is 0 Å². The second kappa shape index (κ2) is 6.42. The number of hydrogen-bond acceptors (Lipinski definition) is 4. The van der Waals surface area contributed by atoms with Crippen LogP contribution in [0.4, 0.5) is 8.78 Å². The number of ether oxygens (including phenoxy) is 2. The molecule has 0 spiro atoms. The highest BCUT2D eigenvalue weighted by Gasteiger charge is 2.25. The van der Waals surface area contributed by atoms with E-state index in [0.29, 0.717) is 16.0 Å². The first kappa shape index (κ1) is 15.6. The fraction of sp³-hybridized carbons (Fsp3) is 0.118. The summed E-state index contributed by atoms with van der Waals surface area (Å²) in [6, 6.07) is 11.9. The van der Waals surface area contributed by atoms with Gasteiger partial charge in [0, 0.05) is 10.5 Å². The molecule has 1 aliphatic rings. The summed E-state index contributed by atoms with van der Waals surface area (Å²) in [4.78, 5) is 13.8. The summed E-state index contributed by atoms with van der Waals surface area (Å²) in [6.45, 7) is -2.92. The number of rotatable bonds is 4. The topological polar surface area (TPSA) is 35.5 Å². The fourth-order valence-electron chi connectivity index (χ4n) is 2.25. The lowest BCUT2D eigenvalue weighted by Crippen LogP contribution is -2.03. The summed E-state index contributed by atoms with van der Waals surface area (Å²) < 4.78 is 34.1. The first-order valence-electron chi connectivity index (χ1n) is 6.74. The molecule has 3 rings (SSSR count). The van der Waals surface area contributed by atoms with E-state index in [2.05, 4.69) is 4.74 Å². The predicted molar refractivity (Wildman–Crippen MR) is 84.2 cm³/mol. The number of allylic oxidation sites excluding steroid dienone is 1. The van der Waals surface area contributed by atoms with Crippen molar-refractivity contribution in [1.29, 1.82) is 0 Å². The van der Waals surface area contributed by atoms with Gasteiger partial charge in [-0.2, -0.15) is 8.78 Å². The maximum atomic E-state index is 12.3. The molecule has 0 fully saturated rings. The molecule has 0 aromatic heterocycles. The molecule has 0 radical (unpaired) electrons. The minimum Gasteiger partial charge on any atom is -0.493 e. The van der Waals surface area contributed by atoms with E-state index in [0.717, 1.165) is 4.90 Å². The normalized spacial score (nSPS) is 15.1. The Morgan fingerprint density at radius 2 is 1.91 bits per heavy atom. The van der Waals surface area contributed by atoms with Crippen LogP contribution in [0.25, 0.3) is 6.08 Å². The largest absolute Gasteiger partial charge is 0.493 e. The lowest BCUT2D eigenvalue weighted by Gasteiger charge is -2.10. The monoisotopic (exact) mass is 334 g/mol. The van der Waals surface area contributed by atoms with Crippen LogP contribution in [0.2, 0.25) is 0 Å². The van der Waals surface area contributed by atoms with Crippen LogP contribution in [-0.4, -0.2) is 19.5 Å². The number of benzene rings is 2. The van der Waals surface area contributed by atoms with Gasteiger partial charge in [0.1, 0.15) is 0 Å². The Labute approximate surface area is 135 Å². The standard InChI is InChI=1S/C17H12F2O3S/c1-21-13-8-10(6-7-12(13)22-17(18)19)9-15-16(20)11-4-2-3-5-14(11)23-15/h2-9,17H,1H3/b15-9-. The minimum atomic E-state index is -2.92. The number of alkyl halides is 2. The summed E-state index contributed by atoms with van der Waals surface area (Å²) in [5.74, 6) is 0.100. The Kier molecular flexibility index (Phi) is 4.34. The van der Waals surface area contributed by atoms with E-state index in [1.807, 2.05) is 18.2 Å². The summed E-state index contributed by atoms with van der Waals surface area (Å²) in [7, 11) is 1.37. The number of thioether (sulfide) groups is 1. The van der Waals surface area contributed by atoms with Crippen LogP contribution in [0.15, 0.2) is 52.3 Å². The van der Waals surface area contributed by atoms with Crippen LogP contribution in [-0.2, 0) is 0 Å². The number of Topliss-reactive ketones (excluding diaryl/α,β-unsaturated/α-hetero) is 1.